The average Bonchev–Trinajstić information content (AvgIpc) is 3.09. The maximum absolute atomic E-state index is 13.3. The fourth-order valence-corrected chi connectivity index (χ4v) is 4.36. The maximum Gasteiger partial charge on any atom is 0.328 e. The molecule has 2 atom stereocenters. The first-order chi connectivity index (χ1) is 14.1. The first kappa shape index (κ1) is 19.1. The molecule has 0 unspecified atom stereocenters. The van der Waals surface area contributed by atoms with Gasteiger partial charge in [0.25, 0.3) is 5.91 Å². The van der Waals surface area contributed by atoms with Crippen LogP contribution < -0.4 is 5.32 Å². The highest BCUT2D eigenvalue weighted by Crippen LogP contribution is 2.38. The predicted octanol–water partition coefficient (Wildman–Crippen LogP) is 2.57. The molecular formula is C22H23N3O4. The van der Waals surface area contributed by atoms with E-state index < -0.39 is 17.7 Å². The lowest BCUT2D eigenvalue weighted by Gasteiger charge is -2.41. The molecular weight excluding hydrogens is 370 g/mol. The Morgan fingerprint density at radius 1 is 1.24 bits per heavy atom. The van der Waals surface area contributed by atoms with Crippen LogP contribution in [0.1, 0.15) is 42.6 Å². The Morgan fingerprint density at radius 2 is 2.07 bits per heavy atom. The molecule has 29 heavy (non-hydrogen) atoms. The number of allylic oxidation sites excluding steroid dienone is 1. The van der Waals surface area contributed by atoms with E-state index in [1.54, 1.807) is 6.20 Å². The number of ether oxygens (including phenoxy) is 1. The number of carbonyl (C=O) groups is 3. The van der Waals surface area contributed by atoms with Gasteiger partial charge < -0.3 is 15.0 Å². The summed E-state index contributed by atoms with van der Waals surface area (Å²) >= 11 is 0. The van der Waals surface area contributed by atoms with Crippen molar-refractivity contribution in [1.82, 2.24) is 15.2 Å². The second-order valence-corrected chi connectivity index (χ2v) is 7.42. The number of fused-ring (bicyclic) bond motifs is 2. The fraction of sp³-hybridized carbons (Fsp3) is 0.364. The Kier molecular flexibility index (Phi) is 5.05. The Balaban J connectivity index is 1.72. The first-order valence-corrected chi connectivity index (χ1v) is 9.77. The monoisotopic (exact) mass is 393 g/mol. The van der Waals surface area contributed by atoms with Crippen molar-refractivity contribution in [3.05, 3.63) is 54.4 Å². The van der Waals surface area contributed by atoms with Crippen LogP contribution in [0.15, 0.2) is 48.7 Å². The summed E-state index contributed by atoms with van der Waals surface area (Å²) in [7, 11) is 1.31. The highest BCUT2D eigenvalue weighted by Gasteiger charge is 2.52. The number of hydrogen-bond donors (Lipinski definition) is 1. The van der Waals surface area contributed by atoms with Gasteiger partial charge in [-0.05, 0) is 30.7 Å². The zero-order valence-corrected chi connectivity index (χ0v) is 16.3. The largest absolute Gasteiger partial charge is 0.467 e. The van der Waals surface area contributed by atoms with Crippen molar-refractivity contribution in [2.45, 2.75) is 43.8 Å². The van der Waals surface area contributed by atoms with Crippen LogP contribution in [-0.4, -0.2) is 46.5 Å². The van der Waals surface area contributed by atoms with Crippen LogP contribution >= 0.6 is 0 Å². The van der Waals surface area contributed by atoms with Gasteiger partial charge in [0.05, 0.1) is 7.11 Å². The van der Waals surface area contributed by atoms with Gasteiger partial charge in [0.1, 0.15) is 17.4 Å². The Bertz CT molecular complexity index is 997. The summed E-state index contributed by atoms with van der Waals surface area (Å²) < 4.78 is 4.92. The number of amides is 2. The van der Waals surface area contributed by atoms with E-state index in [-0.39, 0.29) is 18.2 Å². The van der Waals surface area contributed by atoms with E-state index in [2.05, 4.69) is 10.3 Å². The quantitative estimate of drug-likeness (QED) is 0.640. The summed E-state index contributed by atoms with van der Waals surface area (Å²) in [6, 6.07) is 8.68. The van der Waals surface area contributed by atoms with Crippen molar-refractivity contribution in [3.8, 4) is 0 Å². The van der Waals surface area contributed by atoms with Gasteiger partial charge in [-0.25, -0.2) is 4.79 Å². The molecule has 0 aliphatic carbocycles. The van der Waals surface area contributed by atoms with E-state index in [0.717, 1.165) is 10.8 Å². The van der Waals surface area contributed by atoms with Crippen molar-refractivity contribution < 1.29 is 19.1 Å². The number of pyridine rings is 1. The minimum atomic E-state index is -0.970. The standard InChI is InChI=1S/C22H23N3O4/c1-29-21(28)17-10-13-22(12-6-2-3-9-18(26)25(17)22)24-20(27)19-16-8-5-4-7-15(16)11-14-23-19/h2,4-8,11,14,17H,3,9-10,12-13H2,1H3,(H,24,27)/b6-2-/t17-,22+/m0/s1. The molecule has 3 heterocycles. The second-order valence-electron chi connectivity index (χ2n) is 7.42. The third kappa shape index (κ3) is 3.37. The van der Waals surface area contributed by atoms with Crippen LogP contribution in [0.2, 0.25) is 0 Å². The molecule has 7 heteroatoms. The van der Waals surface area contributed by atoms with Crippen molar-refractivity contribution in [2.24, 2.45) is 0 Å². The molecule has 0 bridgehead atoms. The topological polar surface area (TPSA) is 88.6 Å². The molecule has 0 spiro atoms. The molecule has 2 aliphatic heterocycles. The SMILES string of the molecule is COC(=O)[C@@H]1CC[C@@]2(NC(=O)c3nccc4ccccc34)C/C=C\CCC(=O)N12. The van der Waals surface area contributed by atoms with E-state index in [1.165, 1.54) is 12.0 Å². The fourth-order valence-electron chi connectivity index (χ4n) is 4.36. The van der Waals surface area contributed by atoms with Gasteiger partial charge in [-0.3, -0.25) is 14.6 Å². The van der Waals surface area contributed by atoms with E-state index in [4.69, 9.17) is 4.74 Å². The number of rotatable bonds is 3. The van der Waals surface area contributed by atoms with E-state index in [9.17, 15) is 14.4 Å². The Labute approximate surface area is 168 Å². The highest BCUT2D eigenvalue weighted by molar-refractivity contribution is 6.05. The van der Waals surface area contributed by atoms with Gasteiger partial charge >= 0.3 is 5.97 Å². The van der Waals surface area contributed by atoms with Crippen LogP contribution in [-0.2, 0) is 14.3 Å². The number of carbonyl (C=O) groups excluding carboxylic acids is 3. The second kappa shape index (κ2) is 7.66. The third-order valence-electron chi connectivity index (χ3n) is 5.73. The zero-order valence-electron chi connectivity index (χ0n) is 16.3. The van der Waals surface area contributed by atoms with Gasteiger partial charge in [0, 0.05) is 24.4 Å². The Morgan fingerprint density at radius 3 is 2.90 bits per heavy atom. The summed E-state index contributed by atoms with van der Waals surface area (Å²) in [6.07, 6.45) is 7.76. The van der Waals surface area contributed by atoms with Crippen LogP contribution in [0, 0.1) is 0 Å². The lowest BCUT2D eigenvalue weighted by Crippen LogP contribution is -2.62. The average molecular weight is 393 g/mol. The Hall–Kier alpha value is -3.22. The molecule has 0 saturated carbocycles. The van der Waals surface area contributed by atoms with Gasteiger partial charge in [0.15, 0.2) is 0 Å². The van der Waals surface area contributed by atoms with Gasteiger partial charge in [-0.15, -0.1) is 0 Å². The molecule has 0 radical (unpaired) electrons. The van der Waals surface area contributed by atoms with Crippen molar-refractivity contribution >= 4 is 28.6 Å². The molecule has 1 saturated heterocycles. The smallest absolute Gasteiger partial charge is 0.328 e. The number of benzene rings is 1. The number of nitrogens with one attached hydrogen (secondary N) is 1. The predicted molar refractivity (Wildman–Crippen MR) is 107 cm³/mol. The molecule has 150 valence electrons. The van der Waals surface area contributed by atoms with Crippen LogP contribution in [0.3, 0.4) is 0 Å². The summed E-state index contributed by atoms with van der Waals surface area (Å²) in [4.78, 5) is 44.3. The van der Waals surface area contributed by atoms with E-state index in [0.29, 0.717) is 31.4 Å². The molecule has 1 aromatic heterocycles. The first-order valence-electron chi connectivity index (χ1n) is 9.77. The number of nitrogens with zero attached hydrogens (tertiary/aromatic N) is 2. The molecule has 2 amide bonds. The van der Waals surface area contributed by atoms with Crippen molar-refractivity contribution in [1.29, 1.82) is 0 Å². The minimum Gasteiger partial charge on any atom is -0.467 e. The highest BCUT2D eigenvalue weighted by atomic mass is 16.5. The van der Waals surface area contributed by atoms with Gasteiger partial charge in [0.2, 0.25) is 5.91 Å². The van der Waals surface area contributed by atoms with Crippen LogP contribution in [0.5, 0.6) is 0 Å². The maximum atomic E-state index is 13.3. The molecule has 2 aromatic rings. The summed E-state index contributed by atoms with van der Waals surface area (Å²) in [5, 5.41) is 4.71. The number of aromatic nitrogens is 1. The van der Waals surface area contributed by atoms with Gasteiger partial charge in [-0.2, -0.15) is 0 Å². The lowest BCUT2D eigenvalue weighted by atomic mass is 9.98. The van der Waals surface area contributed by atoms with E-state index in [1.807, 2.05) is 42.5 Å². The molecule has 7 nitrogen and oxygen atoms in total. The molecule has 4 rings (SSSR count). The third-order valence-corrected chi connectivity index (χ3v) is 5.73. The number of methoxy groups -OCH3 is 1. The van der Waals surface area contributed by atoms with Crippen molar-refractivity contribution in [2.75, 3.05) is 7.11 Å². The van der Waals surface area contributed by atoms with Crippen LogP contribution in [0.25, 0.3) is 10.8 Å². The summed E-state index contributed by atoms with van der Waals surface area (Å²) in [5.41, 5.74) is -0.666. The van der Waals surface area contributed by atoms with Gasteiger partial charge in [-0.1, -0.05) is 36.4 Å². The summed E-state index contributed by atoms with van der Waals surface area (Å²) in [6.45, 7) is 0. The van der Waals surface area contributed by atoms with Crippen LogP contribution in [0.4, 0.5) is 0 Å². The number of esters is 1. The summed E-state index contributed by atoms with van der Waals surface area (Å²) in [5.74, 6) is -0.977. The number of hydrogen-bond acceptors (Lipinski definition) is 5. The minimum absolute atomic E-state index is 0.159. The molecule has 1 fully saturated rings. The van der Waals surface area contributed by atoms with Crippen molar-refractivity contribution in [3.63, 3.8) is 0 Å². The molecule has 1 aromatic carbocycles. The normalized spacial score (nSPS) is 25.1. The molecule has 1 N–H and O–H groups in total. The zero-order chi connectivity index (χ0) is 20.4. The van der Waals surface area contributed by atoms with E-state index >= 15 is 0 Å². The lowest BCUT2D eigenvalue weighted by molar-refractivity contribution is -0.155. The molecule has 2 aliphatic rings.